The van der Waals surface area contributed by atoms with Gasteiger partial charge < -0.3 is 15.0 Å². The van der Waals surface area contributed by atoms with E-state index in [4.69, 9.17) is 4.74 Å². The first kappa shape index (κ1) is 17.7. The molecule has 2 atom stereocenters. The van der Waals surface area contributed by atoms with Gasteiger partial charge >= 0.3 is 5.97 Å². The van der Waals surface area contributed by atoms with Crippen LogP contribution in [0.15, 0.2) is 29.3 Å². The summed E-state index contributed by atoms with van der Waals surface area (Å²) in [5.41, 5.74) is 0.982. The van der Waals surface area contributed by atoms with Crippen molar-refractivity contribution in [2.45, 2.75) is 13.5 Å². The van der Waals surface area contributed by atoms with E-state index in [1.54, 1.807) is 19.2 Å². The Hall–Kier alpha value is -2.64. The standard InChI is InChI=1S/C16H22N4O4/c1-11-9-19(10-14(11)15(21)24-3)16(17-2)18-8-12-4-6-13(7-5-12)20(22)23/h4-7,11,14H,8-10H2,1-3H3,(H,17,18). The van der Waals surface area contributed by atoms with E-state index >= 15 is 0 Å². The third-order valence-electron chi connectivity index (χ3n) is 4.23. The second-order valence-electron chi connectivity index (χ2n) is 5.84. The second-order valence-corrected chi connectivity index (χ2v) is 5.84. The average molecular weight is 334 g/mol. The summed E-state index contributed by atoms with van der Waals surface area (Å²) in [4.78, 5) is 28.3. The van der Waals surface area contributed by atoms with Gasteiger partial charge in [0.05, 0.1) is 18.0 Å². The molecule has 2 unspecified atom stereocenters. The first-order chi connectivity index (χ1) is 11.5. The Morgan fingerprint density at radius 2 is 2.08 bits per heavy atom. The van der Waals surface area contributed by atoms with Crippen LogP contribution < -0.4 is 5.32 Å². The van der Waals surface area contributed by atoms with E-state index in [0.717, 1.165) is 12.1 Å². The van der Waals surface area contributed by atoms with Crippen LogP contribution in [-0.4, -0.2) is 49.0 Å². The van der Waals surface area contributed by atoms with Gasteiger partial charge in [0.25, 0.3) is 5.69 Å². The number of nitro benzene ring substituents is 1. The number of ether oxygens (including phenoxy) is 1. The summed E-state index contributed by atoms with van der Waals surface area (Å²) in [6.07, 6.45) is 0. The summed E-state index contributed by atoms with van der Waals surface area (Å²) in [6, 6.07) is 6.38. The summed E-state index contributed by atoms with van der Waals surface area (Å²) in [7, 11) is 3.09. The third-order valence-corrected chi connectivity index (χ3v) is 4.23. The first-order valence-electron chi connectivity index (χ1n) is 7.73. The Bertz CT molecular complexity index is 629. The highest BCUT2D eigenvalue weighted by molar-refractivity contribution is 5.82. The van der Waals surface area contributed by atoms with Gasteiger partial charge in [0.2, 0.25) is 0 Å². The second kappa shape index (κ2) is 7.76. The number of carbonyl (C=O) groups excluding carboxylic acids is 1. The SMILES string of the molecule is CN=C(NCc1ccc([N+](=O)[O-])cc1)N1CC(C)C(C(=O)OC)C1. The maximum Gasteiger partial charge on any atom is 0.310 e. The van der Waals surface area contributed by atoms with Crippen LogP contribution in [0.2, 0.25) is 0 Å². The van der Waals surface area contributed by atoms with Crippen molar-refractivity contribution in [3.63, 3.8) is 0 Å². The molecule has 0 aromatic heterocycles. The fourth-order valence-electron chi connectivity index (χ4n) is 2.85. The lowest BCUT2D eigenvalue weighted by molar-refractivity contribution is -0.384. The number of rotatable bonds is 4. The van der Waals surface area contributed by atoms with Crippen molar-refractivity contribution in [3.05, 3.63) is 39.9 Å². The van der Waals surface area contributed by atoms with Crippen LogP contribution in [0.25, 0.3) is 0 Å². The summed E-state index contributed by atoms with van der Waals surface area (Å²) in [5.74, 6) is 0.533. The topological polar surface area (TPSA) is 97.1 Å². The highest BCUT2D eigenvalue weighted by atomic mass is 16.6. The number of esters is 1. The van der Waals surface area contributed by atoms with E-state index in [0.29, 0.717) is 19.0 Å². The Labute approximate surface area is 140 Å². The number of non-ortho nitro benzene ring substituents is 1. The number of aliphatic imine (C=N–C) groups is 1. The van der Waals surface area contributed by atoms with Crippen molar-refractivity contribution in [2.24, 2.45) is 16.8 Å². The zero-order valence-corrected chi connectivity index (χ0v) is 14.1. The minimum absolute atomic E-state index is 0.0671. The highest BCUT2D eigenvalue weighted by Gasteiger charge is 2.36. The van der Waals surface area contributed by atoms with Gasteiger partial charge in [-0.2, -0.15) is 0 Å². The van der Waals surface area contributed by atoms with Crippen LogP contribution in [0.3, 0.4) is 0 Å². The number of nitrogens with zero attached hydrogens (tertiary/aromatic N) is 3. The van der Waals surface area contributed by atoms with Gasteiger partial charge in [0.15, 0.2) is 5.96 Å². The molecule has 1 saturated heterocycles. The molecule has 0 spiro atoms. The van der Waals surface area contributed by atoms with Gasteiger partial charge in [-0.05, 0) is 11.5 Å². The molecule has 24 heavy (non-hydrogen) atoms. The Morgan fingerprint density at radius 3 is 2.62 bits per heavy atom. The summed E-state index contributed by atoms with van der Waals surface area (Å²) >= 11 is 0. The van der Waals surface area contributed by atoms with Crippen molar-refractivity contribution >= 4 is 17.6 Å². The zero-order chi connectivity index (χ0) is 17.7. The van der Waals surface area contributed by atoms with Gasteiger partial charge in [-0.1, -0.05) is 19.1 Å². The fourth-order valence-corrected chi connectivity index (χ4v) is 2.85. The van der Waals surface area contributed by atoms with Crippen molar-refractivity contribution in [3.8, 4) is 0 Å². The molecule has 8 heteroatoms. The lowest BCUT2D eigenvalue weighted by Crippen LogP contribution is -2.40. The number of benzene rings is 1. The largest absolute Gasteiger partial charge is 0.469 e. The molecular weight excluding hydrogens is 312 g/mol. The molecular formula is C16H22N4O4. The average Bonchev–Trinajstić information content (AvgIpc) is 2.96. The normalized spacial score (nSPS) is 20.8. The van der Waals surface area contributed by atoms with Gasteiger partial charge in [-0.3, -0.25) is 19.9 Å². The van der Waals surface area contributed by atoms with Crippen LogP contribution >= 0.6 is 0 Å². The quantitative estimate of drug-likeness (QED) is 0.294. The molecule has 0 aliphatic carbocycles. The number of carbonyl (C=O) groups is 1. The monoisotopic (exact) mass is 334 g/mol. The molecule has 1 heterocycles. The molecule has 1 fully saturated rings. The van der Waals surface area contributed by atoms with Crippen LogP contribution in [-0.2, 0) is 16.1 Å². The molecule has 2 rings (SSSR count). The lowest BCUT2D eigenvalue weighted by Gasteiger charge is -2.21. The minimum Gasteiger partial charge on any atom is -0.469 e. The maximum atomic E-state index is 11.8. The van der Waals surface area contributed by atoms with Crippen LogP contribution in [0.5, 0.6) is 0 Å². The smallest absolute Gasteiger partial charge is 0.310 e. The molecule has 1 aromatic rings. The predicted octanol–water partition coefficient (Wildman–Crippen LogP) is 1.41. The van der Waals surface area contributed by atoms with Crippen LogP contribution in [0.4, 0.5) is 5.69 Å². The van der Waals surface area contributed by atoms with E-state index in [9.17, 15) is 14.9 Å². The Kier molecular flexibility index (Phi) is 5.73. The van der Waals surface area contributed by atoms with Gasteiger partial charge in [0.1, 0.15) is 0 Å². The summed E-state index contributed by atoms with van der Waals surface area (Å²) in [5, 5.41) is 13.9. The lowest BCUT2D eigenvalue weighted by atomic mass is 9.99. The van der Waals surface area contributed by atoms with Crippen molar-refractivity contribution in [1.29, 1.82) is 0 Å². The number of nitro groups is 1. The summed E-state index contributed by atoms with van der Waals surface area (Å²) in [6.45, 7) is 3.80. The van der Waals surface area contributed by atoms with Crippen molar-refractivity contribution < 1.29 is 14.5 Å². The number of hydrogen-bond donors (Lipinski definition) is 1. The van der Waals surface area contributed by atoms with Crippen molar-refractivity contribution in [2.75, 3.05) is 27.2 Å². The summed E-state index contributed by atoms with van der Waals surface area (Å²) < 4.78 is 4.85. The predicted molar refractivity (Wildman–Crippen MR) is 89.5 cm³/mol. The minimum atomic E-state index is -0.422. The molecule has 1 aliphatic heterocycles. The number of likely N-dealkylation sites (tertiary alicyclic amines) is 1. The van der Waals surface area contributed by atoms with E-state index in [1.807, 2.05) is 11.8 Å². The Morgan fingerprint density at radius 1 is 1.42 bits per heavy atom. The molecule has 0 amide bonds. The fraction of sp³-hybridized carbons (Fsp3) is 0.500. The highest BCUT2D eigenvalue weighted by Crippen LogP contribution is 2.24. The molecule has 8 nitrogen and oxygen atoms in total. The van der Waals surface area contributed by atoms with Crippen molar-refractivity contribution in [1.82, 2.24) is 10.2 Å². The van der Waals surface area contributed by atoms with Gasteiger partial charge in [-0.15, -0.1) is 0 Å². The first-order valence-corrected chi connectivity index (χ1v) is 7.73. The molecule has 0 saturated carbocycles. The van der Waals surface area contributed by atoms with Crippen LogP contribution in [0.1, 0.15) is 12.5 Å². The number of nitrogens with one attached hydrogen (secondary N) is 1. The van der Waals surface area contributed by atoms with Crippen LogP contribution in [0, 0.1) is 22.0 Å². The van der Waals surface area contributed by atoms with E-state index in [-0.39, 0.29) is 23.5 Å². The van der Waals surface area contributed by atoms with E-state index in [1.165, 1.54) is 19.2 Å². The number of methoxy groups -OCH3 is 1. The molecule has 0 radical (unpaired) electrons. The molecule has 0 bridgehead atoms. The molecule has 1 aromatic carbocycles. The van der Waals surface area contributed by atoms with Gasteiger partial charge in [-0.25, -0.2) is 0 Å². The Balaban J connectivity index is 1.95. The van der Waals surface area contributed by atoms with E-state index in [2.05, 4.69) is 10.3 Å². The number of guanidine groups is 1. The number of hydrogen-bond acceptors (Lipinski definition) is 5. The zero-order valence-electron chi connectivity index (χ0n) is 14.1. The maximum absolute atomic E-state index is 11.8. The van der Waals surface area contributed by atoms with Gasteiger partial charge in [0, 0.05) is 38.8 Å². The molecule has 1 N–H and O–H groups in total. The molecule has 1 aliphatic rings. The third kappa shape index (κ3) is 4.01. The van der Waals surface area contributed by atoms with E-state index < -0.39 is 4.92 Å². The molecule has 130 valence electrons.